The topological polar surface area (TPSA) is 56.4 Å². The Hall–Kier alpha value is -3.22. The summed E-state index contributed by atoms with van der Waals surface area (Å²) < 4.78 is 0.944. The number of rotatable bonds is 7. The Bertz CT molecular complexity index is 1240. The number of aromatic amines is 1. The third-order valence-corrected chi connectivity index (χ3v) is 6.02. The molecule has 0 aliphatic carbocycles. The van der Waals surface area contributed by atoms with Crippen LogP contribution in [-0.4, -0.2) is 47.9 Å². The fraction of sp³-hybridized carbons (Fsp3) is 0.200. The number of carbonyl (C=O) groups excluding carboxylic acids is 1. The Morgan fingerprint density at radius 3 is 2.45 bits per heavy atom. The highest BCUT2D eigenvalue weighted by atomic mass is 32.1. The molecule has 1 amide bonds. The van der Waals surface area contributed by atoms with Gasteiger partial charge in [0.15, 0.2) is 0 Å². The summed E-state index contributed by atoms with van der Waals surface area (Å²) in [6.45, 7) is 1.98. The van der Waals surface area contributed by atoms with Crippen LogP contribution in [0.15, 0.2) is 77.6 Å². The fourth-order valence-electron chi connectivity index (χ4n) is 3.53. The van der Waals surface area contributed by atoms with Crippen LogP contribution in [0.25, 0.3) is 21.3 Å². The molecule has 1 aromatic heterocycles. The van der Waals surface area contributed by atoms with E-state index in [2.05, 4.69) is 28.1 Å². The van der Waals surface area contributed by atoms with Crippen molar-refractivity contribution in [2.45, 2.75) is 6.54 Å². The molecule has 0 aliphatic heterocycles. The molecule has 0 bridgehead atoms. The van der Waals surface area contributed by atoms with Crippen molar-refractivity contribution in [3.05, 3.63) is 93.6 Å². The van der Waals surface area contributed by atoms with Crippen LogP contribution in [0.1, 0.15) is 15.9 Å². The fourth-order valence-corrected chi connectivity index (χ4v) is 4.31. The van der Waals surface area contributed by atoms with Gasteiger partial charge in [-0.15, -0.1) is 0 Å². The number of amides is 1. The lowest BCUT2D eigenvalue weighted by atomic mass is 10.0. The quantitative estimate of drug-likeness (QED) is 0.470. The van der Waals surface area contributed by atoms with Gasteiger partial charge < -0.3 is 14.8 Å². The Kier molecular flexibility index (Phi) is 6.30. The molecule has 0 atom stereocenters. The number of fused-ring (bicyclic) bond motifs is 1. The van der Waals surface area contributed by atoms with Gasteiger partial charge in [-0.05, 0) is 61.1 Å². The van der Waals surface area contributed by atoms with E-state index < -0.39 is 0 Å². The molecule has 0 unspecified atom stereocenters. The number of carbonyl (C=O) groups is 1. The molecule has 1 N–H and O–H groups in total. The molecule has 31 heavy (non-hydrogen) atoms. The number of likely N-dealkylation sites (N-methyl/N-ethyl adjacent to an activating group) is 1. The zero-order valence-electron chi connectivity index (χ0n) is 17.7. The van der Waals surface area contributed by atoms with E-state index in [1.54, 1.807) is 0 Å². The van der Waals surface area contributed by atoms with Gasteiger partial charge in [0.25, 0.3) is 5.91 Å². The van der Waals surface area contributed by atoms with E-state index in [0.717, 1.165) is 33.5 Å². The first-order valence-corrected chi connectivity index (χ1v) is 11.0. The van der Waals surface area contributed by atoms with Crippen molar-refractivity contribution in [1.82, 2.24) is 14.8 Å². The number of hydrogen-bond donors (Lipinski definition) is 1. The second-order valence-corrected chi connectivity index (χ2v) is 8.84. The first-order valence-electron chi connectivity index (χ1n) is 10.2. The SMILES string of the molecule is CN(C)CCN(Cc1cccc(-c2ccc3[nH]c(=O)sc3c2)c1)C(=O)c1ccccc1. The molecule has 1 heterocycles. The molecule has 158 valence electrons. The predicted molar refractivity (Wildman–Crippen MR) is 128 cm³/mol. The van der Waals surface area contributed by atoms with Crippen molar-refractivity contribution in [3.63, 3.8) is 0 Å². The zero-order valence-corrected chi connectivity index (χ0v) is 18.5. The van der Waals surface area contributed by atoms with Crippen molar-refractivity contribution >= 4 is 27.5 Å². The average Bonchev–Trinajstić information content (AvgIpc) is 3.16. The number of H-pyrrole nitrogens is 1. The first kappa shape index (κ1) is 21.0. The van der Waals surface area contributed by atoms with Crippen LogP contribution >= 0.6 is 11.3 Å². The van der Waals surface area contributed by atoms with Crippen molar-refractivity contribution < 1.29 is 4.79 Å². The number of aromatic nitrogens is 1. The van der Waals surface area contributed by atoms with E-state index in [9.17, 15) is 9.59 Å². The molecule has 0 saturated heterocycles. The molecule has 0 radical (unpaired) electrons. The molecule has 6 heteroatoms. The minimum atomic E-state index is -0.0446. The van der Waals surface area contributed by atoms with Gasteiger partial charge in [0.05, 0.1) is 10.2 Å². The third kappa shape index (κ3) is 5.10. The predicted octanol–water partition coefficient (Wildman–Crippen LogP) is 4.46. The van der Waals surface area contributed by atoms with E-state index in [-0.39, 0.29) is 10.8 Å². The van der Waals surface area contributed by atoms with Crippen molar-refractivity contribution in [2.75, 3.05) is 27.2 Å². The van der Waals surface area contributed by atoms with Gasteiger partial charge in [0.2, 0.25) is 0 Å². The highest BCUT2D eigenvalue weighted by molar-refractivity contribution is 7.16. The summed E-state index contributed by atoms with van der Waals surface area (Å²) >= 11 is 1.22. The molecular weight excluding hydrogens is 406 g/mol. The number of benzene rings is 3. The lowest BCUT2D eigenvalue weighted by Gasteiger charge is -2.25. The smallest absolute Gasteiger partial charge is 0.305 e. The molecule has 4 rings (SSSR count). The molecule has 5 nitrogen and oxygen atoms in total. The van der Waals surface area contributed by atoms with Crippen LogP contribution in [0.5, 0.6) is 0 Å². The second kappa shape index (κ2) is 9.29. The van der Waals surface area contributed by atoms with Gasteiger partial charge in [-0.25, -0.2) is 0 Å². The molecule has 0 fully saturated rings. The van der Waals surface area contributed by atoms with E-state index >= 15 is 0 Å². The molecule has 3 aromatic carbocycles. The minimum absolute atomic E-state index is 0.0337. The highest BCUT2D eigenvalue weighted by Crippen LogP contribution is 2.26. The van der Waals surface area contributed by atoms with E-state index in [0.29, 0.717) is 18.7 Å². The van der Waals surface area contributed by atoms with Gasteiger partial charge in [-0.3, -0.25) is 9.59 Å². The maximum atomic E-state index is 13.1. The van der Waals surface area contributed by atoms with Crippen LogP contribution in [0.2, 0.25) is 0 Å². The summed E-state index contributed by atoms with van der Waals surface area (Å²) in [6, 6.07) is 23.7. The second-order valence-electron chi connectivity index (χ2n) is 7.82. The highest BCUT2D eigenvalue weighted by Gasteiger charge is 2.16. The Labute approximate surface area is 185 Å². The Morgan fingerprint density at radius 2 is 1.68 bits per heavy atom. The summed E-state index contributed by atoms with van der Waals surface area (Å²) in [5.41, 5.74) is 4.75. The maximum absolute atomic E-state index is 13.1. The lowest BCUT2D eigenvalue weighted by molar-refractivity contribution is 0.0732. The van der Waals surface area contributed by atoms with Crippen LogP contribution in [0.3, 0.4) is 0 Å². The van der Waals surface area contributed by atoms with Gasteiger partial charge in [-0.2, -0.15) is 0 Å². The van der Waals surface area contributed by atoms with Crippen molar-refractivity contribution in [1.29, 1.82) is 0 Å². The van der Waals surface area contributed by atoms with E-state index in [4.69, 9.17) is 0 Å². The lowest BCUT2D eigenvalue weighted by Crippen LogP contribution is -2.36. The monoisotopic (exact) mass is 431 g/mol. The van der Waals surface area contributed by atoms with Gasteiger partial charge >= 0.3 is 4.87 Å². The van der Waals surface area contributed by atoms with E-state index in [1.165, 1.54) is 11.3 Å². The number of thiazole rings is 1. The summed E-state index contributed by atoms with van der Waals surface area (Å²) in [7, 11) is 4.02. The van der Waals surface area contributed by atoms with Gasteiger partial charge in [-0.1, -0.05) is 53.8 Å². The molecular formula is C25H25N3O2S. The normalized spacial score (nSPS) is 11.2. The summed E-state index contributed by atoms with van der Waals surface area (Å²) in [5.74, 6) is 0.0337. The van der Waals surface area contributed by atoms with Crippen molar-refractivity contribution in [2.24, 2.45) is 0 Å². The number of nitrogens with zero attached hydrogens (tertiary/aromatic N) is 2. The zero-order chi connectivity index (χ0) is 21.8. The standard InChI is InChI=1S/C25H25N3O2S/c1-27(2)13-14-28(24(29)19-8-4-3-5-9-19)17-18-7-6-10-20(15-18)21-11-12-22-23(16-21)31-25(30)26-22/h3-12,15-16H,13-14,17H2,1-2H3,(H,26,30). The van der Waals surface area contributed by atoms with Crippen LogP contribution < -0.4 is 4.87 Å². The summed E-state index contributed by atoms with van der Waals surface area (Å²) in [5, 5.41) is 0. The third-order valence-electron chi connectivity index (χ3n) is 5.18. The van der Waals surface area contributed by atoms with Crippen LogP contribution in [0, 0.1) is 0 Å². The van der Waals surface area contributed by atoms with Crippen LogP contribution in [-0.2, 0) is 6.54 Å². The van der Waals surface area contributed by atoms with E-state index in [1.807, 2.05) is 73.6 Å². The molecule has 0 spiro atoms. The van der Waals surface area contributed by atoms with Crippen LogP contribution in [0.4, 0.5) is 0 Å². The largest absolute Gasteiger partial charge is 0.333 e. The molecule has 0 aliphatic rings. The Balaban J connectivity index is 1.60. The van der Waals surface area contributed by atoms with Crippen molar-refractivity contribution in [3.8, 4) is 11.1 Å². The summed E-state index contributed by atoms with van der Waals surface area (Å²) in [6.07, 6.45) is 0. The first-order chi connectivity index (χ1) is 15.0. The molecule has 4 aromatic rings. The summed E-state index contributed by atoms with van der Waals surface area (Å²) in [4.78, 5) is 31.5. The minimum Gasteiger partial charge on any atom is -0.333 e. The molecule has 0 saturated carbocycles. The number of hydrogen-bond acceptors (Lipinski definition) is 4. The average molecular weight is 432 g/mol. The van der Waals surface area contributed by atoms with Gasteiger partial charge in [0.1, 0.15) is 0 Å². The number of nitrogens with one attached hydrogen (secondary N) is 1. The van der Waals surface area contributed by atoms with Gasteiger partial charge in [0, 0.05) is 25.2 Å². The maximum Gasteiger partial charge on any atom is 0.305 e. The Morgan fingerprint density at radius 1 is 0.903 bits per heavy atom.